The van der Waals surface area contributed by atoms with Crippen LogP contribution in [-0.2, 0) is 4.74 Å². The number of ether oxygens (including phenoxy) is 1. The van der Waals surface area contributed by atoms with E-state index in [1.807, 2.05) is 0 Å². The molecule has 1 N–H and O–H groups in total. The van der Waals surface area contributed by atoms with Crippen molar-refractivity contribution in [3.63, 3.8) is 0 Å². The van der Waals surface area contributed by atoms with Crippen molar-refractivity contribution in [2.45, 2.75) is 18.6 Å². The van der Waals surface area contributed by atoms with E-state index in [-0.39, 0.29) is 11.9 Å². The summed E-state index contributed by atoms with van der Waals surface area (Å²) in [6.07, 6.45) is 2.96. The molecule has 0 saturated heterocycles. The normalized spacial score (nSPS) is 25.9. The second-order valence-corrected chi connectivity index (χ2v) is 3.31. The lowest BCUT2D eigenvalue weighted by atomic mass is 10.0. The lowest BCUT2D eigenvalue weighted by molar-refractivity contribution is 0.0641. The molecule has 1 aromatic rings. The highest BCUT2D eigenvalue weighted by atomic mass is 19.1. The summed E-state index contributed by atoms with van der Waals surface area (Å²) in [4.78, 5) is 0. The summed E-state index contributed by atoms with van der Waals surface area (Å²) >= 11 is 0. The third-order valence-corrected chi connectivity index (χ3v) is 2.24. The molecule has 1 aromatic carbocycles. The number of benzene rings is 1. The predicted octanol–water partition coefficient (Wildman–Crippen LogP) is 2.16. The van der Waals surface area contributed by atoms with Crippen molar-refractivity contribution in [2.24, 2.45) is 0 Å². The minimum Gasteiger partial charge on any atom is -0.493 e. The van der Waals surface area contributed by atoms with Crippen molar-refractivity contribution in [1.82, 2.24) is 0 Å². The zero-order chi connectivity index (χ0) is 9.97. The molecule has 1 aliphatic heterocycles. The van der Waals surface area contributed by atoms with E-state index >= 15 is 0 Å². The van der Waals surface area contributed by atoms with Gasteiger partial charge in [-0.05, 0) is 23.8 Å². The van der Waals surface area contributed by atoms with Gasteiger partial charge in [0.15, 0.2) is 0 Å². The molecular formula is C11H11FO2. The standard InChI is InChI=1S/C11H11FO2/c12-9-3-1-8(2-4-9)11-7-10(13)5-6-14-11/h1-6,10-11,13H,7H2/t10-,11-/m1/s1. The number of hydrogen-bond donors (Lipinski definition) is 1. The molecule has 0 amide bonds. The van der Waals surface area contributed by atoms with Crippen LogP contribution in [0.1, 0.15) is 18.1 Å². The molecule has 74 valence electrons. The monoisotopic (exact) mass is 194 g/mol. The Balaban J connectivity index is 2.15. The zero-order valence-corrected chi connectivity index (χ0v) is 7.56. The highest BCUT2D eigenvalue weighted by Crippen LogP contribution is 2.26. The van der Waals surface area contributed by atoms with Crippen LogP contribution in [0.15, 0.2) is 36.6 Å². The van der Waals surface area contributed by atoms with E-state index in [0.29, 0.717) is 6.42 Å². The first kappa shape index (κ1) is 9.21. The fraction of sp³-hybridized carbons (Fsp3) is 0.273. The number of hydrogen-bond acceptors (Lipinski definition) is 2. The number of aliphatic hydroxyl groups is 1. The fourth-order valence-corrected chi connectivity index (χ4v) is 1.48. The third kappa shape index (κ3) is 1.93. The lowest BCUT2D eigenvalue weighted by Gasteiger charge is -2.22. The minimum absolute atomic E-state index is 0.171. The summed E-state index contributed by atoms with van der Waals surface area (Å²) in [5, 5.41) is 9.35. The molecule has 0 aromatic heterocycles. The molecule has 1 aliphatic rings. The Hall–Kier alpha value is -1.35. The van der Waals surface area contributed by atoms with Crippen molar-refractivity contribution in [3.05, 3.63) is 48.0 Å². The maximum atomic E-state index is 12.6. The summed E-state index contributed by atoms with van der Waals surface area (Å²) in [7, 11) is 0. The van der Waals surface area contributed by atoms with Crippen molar-refractivity contribution in [1.29, 1.82) is 0 Å². The number of aliphatic hydroxyl groups excluding tert-OH is 1. The first-order valence-electron chi connectivity index (χ1n) is 4.51. The molecule has 14 heavy (non-hydrogen) atoms. The van der Waals surface area contributed by atoms with Gasteiger partial charge in [-0.1, -0.05) is 12.1 Å². The molecule has 0 aliphatic carbocycles. The average Bonchev–Trinajstić information content (AvgIpc) is 2.19. The maximum Gasteiger partial charge on any atom is 0.126 e. The highest BCUT2D eigenvalue weighted by Gasteiger charge is 2.18. The van der Waals surface area contributed by atoms with Gasteiger partial charge in [0.25, 0.3) is 0 Å². The molecule has 3 heteroatoms. The Bertz CT molecular complexity index is 332. The van der Waals surface area contributed by atoms with Gasteiger partial charge in [0.05, 0.1) is 12.4 Å². The van der Waals surface area contributed by atoms with Crippen LogP contribution in [0.5, 0.6) is 0 Å². The summed E-state index contributed by atoms with van der Waals surface area (Å²) < 4.78 is 17.9. The van der Waals surface area contributed by atoms with E-state index in [0.717, 1.165) is 5.56 Å². The maximum absolute atomic E-state index is 12.6. The molecule has 0 bridgehead atoms. The number of halogens is 1. The van der Waals surface area contributed by atoms with Gasteiger partial charge < -0.3 is 9.84 Å². The van der Waals surface area contributed by atoms with Crippen LogP contribution in [0, 0.1) is 5.82 Å². The van der Waals surface area contributed by atoms with E-state index in [1.165, 1.54) is 18.4 Å². The number of rotatable bonds is 1. The Labute approximate surface area is 81.6 Å². The van der Waals surface area contributed by atoms with Crippen LogP contribution in [-0.4, -0.2) is 11.2 Å². The molecule has 0 fully saturated rings. The minimum atomic E-state index is -0.473. The van der Waals surface area contributed by atoms with Gasteiger partial charge in [-0.3, -0.25) is 0 Å². The van der Waals surface area contributed by atoms with Crippen LogP contribution < -0.4 is 0 Å². The lowest BCUT2D eigenvalue weighted by Crippen LogP contribution is -2.15. The summed E-state index contributed by atoms with van der Waals surface area (Å²) in [6.45, 7) is 0. The molecule has 0 saturated carbocycles. The molecular weight excluding hydrogens is 183 g/mol. The smallest absolute Gasteiger partial charge is 0.126 e. The Kier molecular flexibility index (Phi) is 2.50. The fourth-order valence-electron chi connectivity index (χ4n) is 1.48. The van der Waals surface area contributed by atoms with E-state index in [9.17, 15) is 9.50 Å². The van der Waals surface area contributed by atoms with Crippen LogP contribution in [0.4, 0.5) is 4.39 Å². The van der Waals surface area contributed by atoms with Crippen LogP contribution in [0.25, 0.3) is 0 Å². The summed E-state index contributed by atoms with van der Waals surface area (Å²) in [5.74, 6) is -0.263. The van der Waals surface area contributed by atoms with Gasteiger partial charge in [-0.15, -0.1) is 0 Å². The van der Waals surface area contributed by atoms with Crippen molar-refractivity contribution >= 4 is 0 Å². The molecule has 0 radical (unpaired) electrons. The molecule has 2 rings (SSSR count). The van der Waals surface area contributed by atoms with Crippen molar-refractivity contribution < 1.29 is 14.2 Å². The highest BCUT2D eigenvalue weighted by molar-refractivity contribution is 5.20. The van der Waals surface area contributed by atoms with Gasteiger partial charge >= 0.3 is 0 Å². The topological polar surface area (TPSA) is 29.5 Å². The van der Waals surface area contributed by atoms with Crippen molar-refractivity contribution in [3.8, 4) is 0 Å². The quantitative estimate of drug-likeness (QED) is 0.742. The molecule has 1 heterocycles. The second kappa shape index (κ2) is 3.80. The van der Waals surface area contributed by atoms with E-state index in [4.69, 9.17) is 4.74 Å². The van der Waals surface area contributed by atoms with Gasteiger partial charge in [-0.2, -0.15) is 0 Å². The van der Waals surface area contributed by atoms with Gasteiger partial charge in [0.1, 0.15) is 11.9 Å². The van der Waals surface area contributed by atoms with E-state index in [1.54, 1.807) is 18.2 Å². The second-order valence-electron chi connectivity index (χ2n) is 3.31. The van der Waals surface area contributed by atoms with Crippen LogP contribution in [0.3, 0.4) is 0 Å². The molecule has 2 nitrogen and oxygen atoms in total. The zero-order valence-electron chi connectivity index (χ0n) is 7.56. The SMILES string of the molecule is O[C@@H]1C=CO[C@@H](c2ccc(F)cc2)C1. The van der Waals surface area contributed by atoms with Crippen LogP contribution >= 0.6 is 0 Å². The first-order valence-corrected chi connectivity index (χ1v) is 4.51. The Morgan fingerprint density at radius 2 is 2.00 bits per heavy atom. The Morgan fingerprint density at radius 3 is 2.64 bits per heavy atom. The largest absolute Gasteiger partial charge is 0.493 e. The summed E-state index contributed by atoms with van der Waals surface area (Å²) in [5.41, 5.74) is 0.884. The van der Waals surface area contributed by atoms with Gasteiger partial charge in [0.2, 0.25) is 0 Å². The van der Waals surface area contributed by atoms with Crippen LogP contribution in [0.2, 0.25) is 0 Å². The van der Waals surface area contributed by atoms with Gasteiger partial charge in [0, 0.05) is 6.42 Å². The first-order chi connectivity index (χ1) is 6.75. The van der Waals surface area contributed by atoms with Gasteiger partial charge in [-0.25, -0.2) is 4.39 Å². The third-order valence-electron chi connectivity index (χ3n) is 2.24. The Morgan fingerprint density at radius 1 is 1.29 bits per heavy atom. The van der Waals surface area contributed by atoms with Crippen molar-refractivity contribution in [2.75, 3.05) is 0 Å². The predicted molar refractivity (Wildman–Crippen MR) is 50.0 cm³/mol. The summed E-state index contributed by atoms with van der Waals surface area (Å²) in [6, 6.07) is 6.13. The molecule has 0 unspecified atom stereocenters. The van der Waals surface area contributed by atoms with E-state index in [2.05, 4.69) is 0 Å². The average molecular weight is 194 g/mol. The van der Waals surface area contributed by atoms with E-state index < -0.39 is 6.10 Å². The molecule has 2 atom stereocenters. The molecule has 0 spiro atoms.